The van der Waals surface area contributed by atoms with Crippen molar-refractivity contribution in [3.63, 3.8) is 0 Å². The second-order valence-electron chi connectivity index (χ2n) is 8.01. The van der Waals surface area contributed by atoms with Gasteiger partial charge in [0.1, 0.15) is 5.82 Å². The lowest BCUT2D eigenvalue weighted by molar-refractivity contribution is 0.439. The summed E-state index contributed by atoms with van der Waals surface area (Å²) < 4.78 is 2.55. The van der Waals surface area contributed by atoms with Gasteiger partial charge in [0.15, 0.2) is 0 Å². The Morgan fingerprint density at radius 1 is 1.37 bits per heavy atom. The third kappa shape index (κ3) is 2.33. The molecule has 3 rings (SSSR count). The number of hydrogen-bond donors (Lipinski definition) is 1. The number of fused-ring (bicyclic) bond motifs is 1. The number of nitrogens with one attached hydrogen (secondary N) is 1. The SMILES string of the molecule is CC(C)(C)c1nc2c(n1CC1CC1(C)C)CCNC2. The molecule has 1 aromatic heterocycles. The summed E-state index contributed by atoms with van der Waals surface area (Å²) >= 11 is 0. The van der Waals surface area contributed by atoms with Crippen LogP contribution >= 0.6 is 0 Å². The molecule has 1 fully saturated rings. The molecule has 0 saturated heterocycles. The van der Waals surface area contributed by atoms with E-state index in [1.165, 1.54) is 30.2 Å². The van der Waals surface area contributed by atoms with Crippen LogP contribution in [0.25, 0.3) is 0 Å². The monoisotopic (exact) mass is 261 g/mol. The largest absolute Gasteiger partial charge is 0.331 e. The van der Waals surface area contributed by atoms with Crippen LogP contribution in [0.3, 0.4) is 0 Å². The van der Waals surface area contributed by atoms with Crippen molar-refractivity contribution in [3.8, 4) is 0 Å². The molecule has 1 saturated carbocycles. The fourth-order valence-electron chi connectivity index (χ4n) is 3.25. The lowest BCUT2D eigenvalue weighted by Crippen LogP contribution is -2.26. The Morgan fingerprint density at radius 2 is 2.05 bits per heavy atom. The molecule has 0 amide bonds. The Hall–Kier alpha value is -0.830. The van der Waals surface area contributed by atoms with Gasteiger partial charge in [-0.1, -0.05) is 34.6 Å². The van der Waals surface area contributed by atoms with Gasteiger partial charge in [-0.15, -0.1) is 0 Å². The van der Waals surface area contributed by atoms with E-state index in [2.05, 4.69) is 44.5 Å². The highest BCUT2D eigenvalue weighted by molar-refractivity contribution is 5.24. The van der Waals surface area contributed by atoms with Crippen molar-refractivity contribution in [1.82, 2.24) is 14.9 Å². The van der Waals surface area contributed by atoms with E-state index in [1.807, 2.05) is 0 Å². The van der Waals surface area contributed by atoms with E-state index in [-0.39, 0.29) is 5.41 Å². The zero-order valence-corrected chi connectivity index (χ0v) is 13.0. The summed E-state index contributed by atoms with van der Waals surface area (Å²) in [7, 11) is 0. The van der Waals surface area contributed by atoms with Gasteiger partial charge >= 0.3 is 0 Å². The maximum absolute atomic E-state index is 4.95. The first-order valence-electron chi connectivity index (χ1n) is 7.58. The third-order valence-corrected chi connectivity index (χ3v) is 4.78. The molecule has 106 valence electrons. The quantitative estimate of drug-likeness (QED) is 0.887. The van der Waals surface area contributed by atoms with Crippen molar-refractivity contribution in [2.24, 2.45) is 11.3 Å². The van der Waals surface area contributed by atoms with Crippen LogP contribution in [0.15, 0.2) is 0 Å². The molecule has 0 radical (unpaired) electrons. The topological polar surface area (TPSA) is 29.9 Å². The molecule has 0 aromatic carbocycles. The van der Waals surface area contributed by atoms with Crippen LogP contribution in [0.2, 0.25) is 0 Å². The maximum atomic E-state index is 4.95. The van der Waals surface area contributed by atoms with E-state index >= 15 is 0 Å². The smallest absolute Gasteiger partial charge is 0.114 e. The van der Waals surface area contributed by atoms with Crippen LogP contribution in [0, 0.1) is 11.3 Å². The molecule has 19 heavy (non-hydrogen) atoms. The number of nitrogens with zero attached hydrogens (tertiary/aromatic N) is 2. The van der Waals surface area contributed by atoms with Gasteiger partial charge in [0.2, 0.25) is 0 Å². The normalized spacial score (nSPS) is 25.2. The molecular formula is C16H27N3. The van der Waals surface area contributed by atoms with E-state index in [0.29, 0.717) is 5.41 Å². The molecule has 1 aromatic rings. The molecule has 3 nitrogen and oxygen atoms in total. The zero-order valence-electron chi connectivity index (χ0n) is 13.0. The molecule has 3 heteroatoms. The van der Waals surface area contributed by atoms with Crippen LogP contribution in [0.4, 0.5) is 0 Å². The Morgan fingerprint density at radius 3 is 2.63 bits per heavy atom. The summed E-state index contributed by atoms with van der Waals surface area (Å²) in [6.45, 7) is 14.8. The number of aromatic nitrogens is 2. The standard InChI is InChI=1S/C16H27N3/c1-15(2,3)14-18-12-9-17-7-6-13(12)19(14)10-11-8-16(11,4)5/h11,17H,6-10H2,1-5H3. The van der Waals surface area contributed by atoms with E-state index in [0.717, 1.165) is 25.4 Å². The van der Waals surface area contributed by atoms with Gasteiger partial charge in [-0.2, -0.15) is 0 Å². The molecule has 2 heterocycles. The molecule has 1 N–H and O–H groups in total. The molecule has 1 atom stereocenters. The van der Waals surface area contributed by atoms with Crippen molar-refractivity contribution in [3.05, 3.63) is 17.2 Å². The number of hydrogen-bond acceptors (Lipinski definition) is 2. The average Bonchev–Trinajstić information content (AvgIpc) is 2.74. The van der Waals surface area contributed by atoms with Gasteiger partial charge in [-0.3, -0.25) is 0 Å². The predicted octanol–water partition coefficient (Wildman–Crippen LogP) is 2.87. The Labute approximate surface area is 116 Å². The predicted molar refractivity (Wildman–Crippen MR) is 78.2 cm³/mol. The van der Waals surface area contributed by atoms with Gasteiger partial charge in [0.25, 0.3) is 0 Å². The minimum absolute atomic E-state index is 0.135. The zero-order chi connectivity index (χ0) is 13.8. The van der Waals surface area contributed by atoms with Crippen LogP contribution in [-0.2, 0) is 24.9 Å². The third-order valence-electron chi connectivity index (χ3n) is 4.78. The summed E-state index contributed by atoms with van der Waals surface area (Å²) in [4.78, 5) is 4.95. The number of imidazole rings is 1. The maximum Gasteiger partial charge on any atom is 0.114 e. The Balaban J connectivity index is 1.97. The lowest BCUT2D eigenvalue weighted by atomic mass is 9.95. The first kappa shape index (κ1) is 13.2. The lowest BCUT2D eigenvalue weighted by Gasteiger charge is -2.22. The Kier molecular flexibility index (Phi) is 2.83. The first-order chi connectivity index (χ1) is 8.79. The highest BCUT2D eigenvalue weighted by Crippen LogP contribution is 2.53. The van der Waals surface area contributed by atoms with Crippen molar-refractivity contribution in [1.29, 1.82) is 0 Å². The van der Waals surface area contributed by atoms with Gasteiger partial charge in [0, 0.05) is 37.2 Å². The van der Waals surface area contributed by atoms with Gasteiger partial charge in [-0.05, 0) is 17.8 Å². The van der Waals surface area contributed by atoms with Crippen LogP contribution in [-0.4, -0.2) is 16.1 Å². The fraction of sp³-hybridized carbons (Fsp3) is 0.812. The minimum atomic E-state index is 0.135. The van der Waals surface area contributed by atoms with Crippen molar-refractivity contribution < 1.29 is 0 Å². The summed E-state index contributed by atoms with van der Waals surface area (Å²) in [5, 5.41) is 3.44. The second-order valence-corrected chi connectivity index (χ2v) is 8.01. The summed E-state index contributed by atoms with van der Waals surface area (Å²) in [6, 6.07) is 0. The van der Waals surface area contributed by atoms with E-state index in [1.54, 1.807) is 0 Å². The molecule has 1 aliphatic carbocycles. The molecular weight excluding hydrogens is 234 g/mol. The van der Waals surface area contributed by atoms with Gasteiger partial charge in [0.05, 0.1) is 5.69 Å². The van der Waals surface area contributed by atoms with Crippen molar-refractivity contribution >= 4 is 0 Å². The first-order valence-corrected chi connectivity index (χ1v) is 7.58. The molecule has 1 aliphatic heterocycles. The summed E-state index contributed by atoms with van der Waals surface area (Å²) in [5.74, 6) is 2.12. The minimum Gasteiger partial charge on any atom is -0.331 e. The molecule has 0 bridgehead atoms. The van der Waals surface area contributed by atoms with Crippen molar-refractivity contribution in [2.45, 2.75) is 66.0 Å². The number of rotatable bonds is 2. The van der Waals surface area contributed by atoms with Crippen molar-refractivity contribution in [2.75, 3.05) is 6.54 Å². The van der Waals surface area contributed by atoms with E-state index in [4.69, 9.17) is 4.98 Å². The van der Waals surface area contributed by atoms with Crippen LogP contribution in [0.1, 0.15) is 58.3 Å². The van der Waals surface area contributed by atoms with E-state index < -0.39 is 0 Å². The summed E-state index contributed by atoms with van der Waals surface area (Å²) in [5.41, 5.74) is 3.45. The van der Waals surface area contributed by atoms with Crippen LogP contribution < -0.4 is 5.32 Å². The molecule has 0 spiro atoms. The average molecular weight is 261 g/mol. The fourth-order valence-corrected chi connectivity index (χ4v) is 3.25. The highest BCUT2D eigenvalue weighted by Gasteiger charge is 2.46. The highest BCUT2D eigenvalue weighted by atomic mass is 15.1. The second kappa shape index (κ2) is 4.08. The molecule has 2 aliphatic rings. The van der Waals surface area contributed by atoms with E-state index in [9.17, 15) is 0 Å². The molecule has 1 unspecified atom stereocenters. The Bertz CT molecular complexity index is 491. The van der Waals surface area contributed by atoms with Crippen LogP contribution in [0.5, 0.6) is 0 Å². The van der Waals surface area contributed by atoms with Gasteiger partial charge < -0.3 is 9.88 Å². The summed E-state index contributed by atoms with van der Waals surface area (Å²) in [6.07, 6.45) is 2.49. The van der Waals surface area contributed by atoms with Gasteiger partial charge in [-0.25, -0.2) is 4.98 Å².